The fourth-order valence-corrected chi connectivity index (χ4v) is 1.92. The maximum absolute atomic E-state index is 10.7. The summed E-state index contributed by atoms with van der Waals surface area (Å²) >= 11 is 0. The summed E-state index contributed by atoms with van der Waals surface area (Å²) in [4.78, 5) is 10.7. The van der Waals surface area contributed by atoms with Gasteiger partial charge in [-0.25, -0.2) is 4.79 Å². The summed E-state index contributed by atoms with van der Waals surface area (Å²) in [5, 5.41) is 8.82. The molecule has 4 heteroatoms. The number of rotatable bonds is 7. The second kappa shape index (κ2) is 11.9. The highest BCUT2D eigenvalue weighted by atomic mass is 16.5. The highest BCUT2D eigenvalue weighted by Crippen LogP contribution is 2.16. The fraction of sp³-hybridized carbons (Fsp3) is 0.286. The summed E-state index contributed by atoms with van der Waals surface area (Å²) in [5.41, 5.74) is 7.40. The zero-order chi connectivity index (χ0) is 18.5. The molecule has 4 nitrogen and oxygen atoms in total. The van der Waals surface area contributed by atoms with Crippen LogP contribution in [0.5, 0.6) is 5.75 Å². The molecule has 0 aliphatic carbocycles. The van der Waals surface area contributed by atoms with Crippen molar-refractivity contribution in [2.45, 2.75) is 33.3 Å². The second-order valence-corrected chi connectivity index (χ2v) is 5.62. The molecule has 25 heavy (non-hydrogen) atoms. The van der Waals surface area contributed by atoms with E-state index in [-0.39, 0.29) is 0 Å². The van der Waals surface area contributed by atoms with Gasteiger partial charge in [-0.1, -0.05) is 55.8 Å². The zero-order valence-electron chi connectivity index (χ0n) is 14.9. The van der Waals surface area contributed by atoms with Gasteiger partial charge in [0.25, 0.3) is 0 Å². The predicted molar refractivity (Wildman–Crippen MR) is 102 cm³/mol. The molecule has 0 fully saturated rings. The summed E-state index contributed by atoms with van der Waals surface area (Å²) in [6.45, 7) is 5.07. The van der Waals surface area contributed by atoms with Gasteiger partial charge >= 0.3 is 5.97 Å². The lowest BCUT2D eigenvalue weighted by Crippen LogP contribution is -1.96. The highest BCUT2D eigenvalue weighted by molar-refractivity contribution is 5.91. The third kappa shape index (κ3) is 8.72. The van der Waals surface area contributed by atoms with Crippen molar-refractivity contribution in [2.24, 2.45) is 5.73 Å². The van der Waals surface area contributed by atoms with Crippen LogP contribution in [-0.2, 0) is 11.4 Å². The van der Waals surface area contributed by atoms with E-state index in [9.17, 15) is 4.79 Å². The number of benzene rings is 2. The van der Waals surface area contributed by atoms with Gasteiger partial charge in [0.2, 0.25) is 0 Å². The van der Waals surface area contributed by atoms with Crippen LogP contribution in [-0.4, -0.2) is 17.6 Å². The van der Waals surface area contributed by atoms with Crippen molar-refractivity contribution in [1.29, 1.82) is 0 Å². The van der Waals surface area contributed by atoms with Crippen LogP contribution in [0.4, 0.5) is 0 Å². The van der Waals surface area contributed by atoms with Crippen molar-refractivity contribution in [2.75, 3.05) is 6.54 Å². The first-order valence-corrected chi connectivity index (χ1v) is 8.45. The van der Waals surface area contributed by atoms with Crippen LogP contribution >= 0.6 is 0 Å². The Morgan fingerprint density at radius 3 is 2.24 bits per heavy atom. The molecule has 2 aromatic rings. The Bertz CT molecular complexity index is 647. The number of carboxylic acids is 1. The SMILES string of the molecule is CC(=Cc1ccc(OCc2ccccc2)cc1)C(=O)O.CCCCN. The Labute approximate surface area is 149 Å². The minimum atomic E-state index is -0.908. The molecule has 0 heterocycles. The molecule has 2 rings (SSSR count). The van der Waals surface area contributed by atoms with Crippen LogP contribution in [0, 0.1) is 0 Å². The van der Waals surface area contributed by atoms with Crippen LogP contribution in [0.15, 0.2) is 60.2 Å². The third-order valence-corrected chi connectivity index (χ3v) is 3.41. The van der Waals surface area contributed by atoms with Crippen LogP contribution < -0.4 is 10.5 Å². The first-order chi connectivity index (χ1) is 12.1. The van der Waals surface area contributed by atoms with Gasteiger partial charge < -0.3 is 15.6 Å². The normalized spacial score (nSPS) is 10.6. The lowest BCUT2D eigenvalue weighted by Gasteiger charge is -2.06. The molecule has 0 aliphatic heterocycles. The molecule has 0 spiro atoms. The maximum atomic E-state index is 10.7. The zero-order valence-corrected chi connectivity index (χ0v) is 14.9. The lowest BCUT2D eigenvalue weighted by molar-refractivity contribution is -0.132. The fourth-order valence-electron chi connectivity index (χ4n) is 1.92. The summed E-state index contributed by atoms with van der Waals surface area (Å²) in [6.07, 6.45) is 4.01. The van der Waals surface area contributed by atoms with E-state index < -0.39 is 5.97 Å². The second-order valence-electron chi connectivity index (χ2n) is 5.62. The molecule has 0 amide bonds. The van der Waals surface area contributed by atoms with Crippen molar-refractivity contribution < 1.29 is 14.6 Å². The summed E-state index contributed by atoms with van der Waals surface area (Å²) < 4.78 is 5.66. The topological polar surface area (TPSA) is 72.5 Å². The number of ether oxygens (including phenoxy) is 1. The number of nitrogens with two attached hydrogens (primary N) is 1. The molecule has 2 aromatic carbocycles. The molecule has 0 saturated carbocycles. The predicted octanol–water partition coefficient (Wildman–Crippen LogP) is 4.50. The van der Waals surface area contributed by atoms with E-state index in [1.165, 1.54) is 12.8 Å². The molecule has 0 aliphatic rings. The van der Waals surface area contributed by atoms with E-state index >= 15 is 0 Å². The highest BCUT2D eigenvalue weighted by Gasteiger charge is 2.00. The van der Waals surface area contributed by atoms with E-state index in [0.29, 0.717) is 12.2 Å². The standard InChI is InChI=1S/C17H16O3.C4H11N/c1-13(17(18)19)11-14-7-9-16(10-8-14)20-12-15-5-3-2-4-6-15;1-2-3-4-5/h2-11H,12H2,1H3,(H,18,19);2-5H2,1H3. The number of carbonyl (C=O) groups is 1. The summed E-state index contributed by atoms with van der Waals surface area (Å²) in [7, 11) is 0. The van der Waals surface area contributed by atoms with Gasteiger partial charge in [0.15, 0.2) is 0 Å². The molecule has 134 valence electrons. The Balaban J connectivity index is 0.000000550. The minimum absolute atomic E-state index is 0.308. The Morgan fingerprint density at radius 2 is 1.76 bits per heavy atom. The number of carboxylic acid groups (broad SMARTS) is 1. The van der Waals surface area contributed by atoms with Crippen LogP contribution in [0.1, 0.15) is 37.8 Å². The average Bonchev–Trinajstić information content (AvgIpc) is 2.63. The molecule has 3 N–H and O–H groups in total. The quantitative estimate of drug-likeness (QED) is 0.727. The van der Waals surface area contributed by atoms with Gasteiger partial charge in [-0.15, -0.1) is 0 Å². The number of unbranched alkanes of at least 4 members (excludes halogenated alkanes) is 1. The largest absolute Gasteiger partial charge is 0.489 e. The smallest absolute Gasteiger partial charge is 0.331 e. The Kier molecular flexibility index (Phi) is 9.71. The first kappa shape index (κ1) is 20.5. The van der Waals surface area contributed by atoms with Crippen LogP contribution in [0.3, 0.4) is 0 Å². The van der Waals surface area contributed by atoms with Gasteiger partial charge in [-0.2, -0.15) is 0 Å². The molecule has 0 unspecified atom stereocenters. The van der Waals surface area contributed by atoms with Gasteiger partial charge in [0.05, 0.1) is 0 Å². The van der Waals surface area contributed by atoms with Gasteiger partial charge in [0, 0.05) is 5.57 Å². The molecule has 0 atom stereocenters. The van der Waals surface area contributed by atoms with E-state index in [0.717, 1.165) is 23.4 Å². The lowest BCUT2D eigenvalue weighted by atomic mass is 10.1. The van der Waals surface area contributed by atoms with Gasteiger partial charge in [-0.3, -0.25) is 0 Å². The summed E-state index contributed by atoms with van der Waals surface area (Å²) in [6, 6.07) is 17.3. The van der Waals surface area contributed by atoms with Crippen LogP contribution in [0.25, 0.3) is 6.08 Å². The molecule has 0 bridgehead atoms. The summed E-state index contributed by atoms with van der Waals surface area (Å²) in [5.74, 6) is -0.145. The van der Waals surface area contributed by atoms with E-state index in [4.69, 9.17) is 15.6 Å². The van der Waals surface area contributed by atoms with Crippen molar-refractivity contribution >= 4 is 12.0 Å². The van der Waals surface area contributed by atoms with E-state index in [1.54, 1.807) is 13.0 Å². The van der Waals surface area contributed by atoms with E-state index in [2.05, 4.69) is 6.92 Å². The minimum Gasteiger partial charge on any atom is -0.489 e. The number of hydrogen-bond acceptors (Lipinski definition) is 3. The third-order valence-electron chi connectivity index (χ3n) is 3.41. The molecule has 0 saturated heterocycles. The first-order valence-electron chi connectivity index (χ1n) is 8.45. The Hall–Kier alpha value is -2.59. The average molecular weight is 341 g/mol. The molecule has 0 radical (unpaired) electrons. The van der Waals surface area contributed by atoms with E-state index in [1.807, 2.05) is 54.6 Å². The number of aliphatic carboxylic acids is 1. The van der Waals surface area contributed by atoms with Gasteiger partial charge in [0.1, 0.15) is 12.4 Å². The monoisotopic (exact) mass is 341 g/mol. The molecular weight excluding hydrogens is 314 g/mol. The Morgan fingerprint density at radius 1 is 1.12 bits per heavy atom. The van der Waals surface area contributed by atoms with Crippen molar-refractivity contribution in [3.05, 3.63) is 71.3 Å². The molecule has 0 aromatic heterocycles. The van der Waals surface area contributed by atoms with Gasteiger partial charge in [-0.05, 0) is 49.2 Å². The maximum Gasteiger partial charge on any atom is 0.331 e. The molecular formula is C21H27NO3. The van der Waals surface area contributed by atoms with Crippen molar-refractivity contribution in [3.63, 3.8) is 0 Å². The van der Waals surface area contributed by atoms with Crippen LogP contribution in [0.2, 0.25) is 0 Å². The van der Waals surface area contributed by atoms with Crippen molar-refractivity contribution in [1.82, 2.24) is 0 Å². The number of hydrogen-bond donors (Lipinski definition) is 2. The van der Waals surface area contributed by atoms with Crippen molar-refractivity contribution in [3.8, 4) is 5.75 Å².